The Balaban J connectivity index is 3.98. The van der Waals surface area contributed by atoms with Crippen molar-refractivity contribution in [2.45, 2.75) is 6.04 Å². The standard InChI is InChI=1S/C5H7Cl2NO2S/c6-1-4(7)8-3(2-11)5(9)10/h1,3,8,11H,2H2,(H,9,10)/t3-/m0/s1. The zero-order valence-corrected chi connectivity index (χ0v) is 7.83. The van der Waals surface area contributed by atoms with Gasteiger partial charge in [0.25, 0.3) is 0 Å². The van der Waals surface area contributed by atoms with Crippen molar-refractivity contribution in [3.8, 4) is 0 Å². The first-order chi connectivity index (χ1) is 5.11. The van der Waals surface area contributed by atoms with Crippen LogP contribution in [0.4, 0.5) is 0 Å². The molecule has 2 N–H and O–H groups in total. The van der Waals surface area contributed by atoms with E-state index in [-0.39, 0.29) is 10.9 Å². The van der Waals surface area contributed by atoms with E-state index in [1.54, 1.807) is 0 Å². The number of thiol groups is 1. The van der Waals surface area contributed by atoms with Crippen molar-refractivity contribution in [3.63, 3.8) is 0 Å². The van der Waals surface area contributed by atoms with E-state index in [9.17, 15) is 4.79 Å². The van der Waals surface area contributed by atoms with E-state index in [1.807, 2.05) is 0 Å². The molecule has 0 aromatic rings. The molecular formula is C5H7Cl2NO2S. The lowest BCUT2D eigenvalue weighted by Gasteiger charge is -2.10. The summed E-state index contributed by atoms with van der Waals surface area (Å²) >= 11 is 14.4. The third-order valence-corrected chi connectivity index (χ3v) is 1.80. The van der Waals surface area contributed by atoms with Gasteiger partial charge in [-0.25, -0.2) is 4.79 Å². The summed E-state index contributed by atoms with van der Waals surface area (Å²) in [4.78, 5) is 10.3. The predicted molar refractivity (Wildman–Crippen MR) is 48.2 cm³/mol. The SMILES string of the molecule is O=C(O)[C@H](CS)NC(Cl)=CCl. The maximum atomic E-state index is 10.3. The molecule has 6 heteroatoms. The highest BCUT2D eigenvalue weighted by Gasteiger charge is 2.14. The number of hydrogen-bond donors (Lipinski definition) is 3. The largest absolute Gasteiger partial charge is 0.480 e. The van der Waals surface area contributed by atoms with Crippen LogP contribution in [0.2, 0.25) is 0 Å². The topological polar surface area (TPSA) is 49.3 Å². The normalized spacial score (nSPS) is 14.3. The predicted octanol–water partition coefficient (Wildman–Crippen LogP) is 1.24. The summed E-state index contributed by atoms with van der Waals surface area (Å²) in [6, 6.07) is -0.805. The van der Waals surface area contributed by atoms with Crippen LogP contribution in [0.1, 0.15) is 0 Å². The molecule has 0 rings (SSSR count). The molecule has 0 saturated carbocycles. The second-order valence-corrected chi connectivity index (χ2v) is 2.67. The molecule has 0 aromatic heterocycles. The van der Waals surface area contributed by atoms with Crippen molar-refractivity contribution in [2.24, 2.45) is 0 Å². The number of carboxylic acids is 1. The lowest BCUT2D eigenvalue weighted by molar-refractivity contribution is -0.138. The van der Waals surface area contributed by atoms with Gasteiger partial charge < -0.3 is 10.4 Å². The molecule has 0 radical (unpaired) electrons. The molecule has 0 spiro atoms. The highest BCUT2D eigenvalue weighted by molar-refractivity contribution is 7.80. The monoisotopic (exact) mass is 215 g/mol. The summed E-state index contributed by atoms with van der Waals surface area (Å²) < 4.78 is 0. The van der Waals surface area contributed by atoms with Gasteiger partial charge >= 0.3 is 5.97 Å². The number of hydrogen-bond acceptors (Lipinski definition) is 3. The minimum Gasteiger partial charge on any atom is -0.480 e. The molecule has 0 unspecified atom stereocenters. The van der Waals surface area contributed by atoms with Crippen LogP contribution in [0.5, 0.6) is 0 Å². The lowest BCUT2D eigenvalue weighted by Crippen LogP contribution is -2.36. The third-order valence-electron chi connectivity index (χ3n) is 0.889. The molecule has 0 bridgehead atoms. The van der Waals surface area contributed by atoms with Gasteiger partial charge in [0.05, 0.1) is 0 Å². The Hall–Kier alpha value is -0.0600. The van der Waals surface area contributed by atoms with E-state index in [1.165, 1.54) is 0 Å². The van der Waals surface area contributed by atoms with Crippen LogP contribution in [-0.4, -0.2) is 22.9 Å². The van der Waals surface area contributed by atoms with Crippen LogP contribution in [0.25, 0.3) is 0 Å². The summed E-state index contributed by atoms with van der Waals surface area (Å²) in [5.74, 6) is -0.868. The Morgan fingerprint density at radius 2 is 2.36 bits per heavy atom. The molecule has 3 nitrogen and oxygen atoms in total. The van der Waals surface area contributed by atoms with Gasteiger partial charge in [-0.3, -0.25) is 0 Å². The highest BCUT2D eigenvalue weighted by atomic mass is 35.5. The molecule has 0 saturated heterocycles. The van der Waals surface area contributed by atoms with Gasteiger partial charge in [-0.2, -0.15) is 12.6 Å². The van der Waals surface area contributed by atoms with E-state index in [4.69, 9.17) is 28.3 Å². The summed E-state index contributed by atoms with van der Waals surface area (Å²) in [7, 11) is 0. The zero-order valence-electron chi connectivity index (χ0n) is 5.42. The molecule has 0 fully saturated rings. The van der Waals surface area contributed by atoms with Gasteiger partial charge in [0.2, 0.25) is 0 Å². The van der Waals surface area contributed by atoms with Gasteiger partial charge in [-0.15, -0.1) is 0 Å². The number of carbonyl (C=O) groups is 1. The molecule has 64 valence electrons. The van der Waals surface area contributed by atoms with E-state index in [0.717, 1.165) is 5.54 Å². The summed E-state index contributed by atoms with van der Waals surface area (Å²) in [6.45, 7) is 0. The zero-order chi connectivity index (χ0) is 8.85. The lowest BCUT2D eigenvalue weighted by atomic mass is 10.3. The first-order valence-corrected chi connectivity index (χ1v) is 4.12. The first kappa shape index (κ1) is 10.9. The minimum atomic E-state index is -1.02. The molecule has 0 amide bonds. The van der Waals surface area contributed by atoms with Crippen LogP contribution in [-0.2, 0) is 4.79 Å². The first-order valence-electron chi connectivity index (χ1n) is 2.68. The molecule has 0 aromatic carbocycles. The Kier molecular flexibility index (Phi) is 5.54. The second kappa shape index (κ2) is 5.57. The van der Waals surface area contributed by atoms with Crippen LogP contribution in [0.3, 0.4) is 0 Å². The molecule has 0 aliphatic carbocycles. The Bertz CT molecular complexity index is 174. The van der Waals surface area contributed by atoms with Gasteiger partial charge in [-0.1, -0.05) is 23.2 Å². The van der Waals surface area contributed by atoms with Crippen LogP contribution in [0, 0.1) is 0 Å². The number of nitrogens with one attached hydrogen (secondary N) is 1. The Labute approximate surface area is 79.8 Å². The molecule has 0 heterocycles. The van der Waals surface area contributed by atoms with Crippen molar-refractivity contribution in [1.29, 1.82) is 0 Å². The van der Waals surface area contributed by atoms with E-state index in [2.05, 4.69) is 17.9 Å². The number of halogens is 2. The number of aliphatic carboxylic acids is 1. The molecule has 0 aliphatic rings. The molecule has 1 atom stereocenters. The van der Waals surface area contributed by atoms with E-state index >= 15 is 0 Å². The van der Waals surface area contributed by atoms with Crippen molar-refractivity contribution in [1.82, 2.24) is 5.32 Å². The second-order valence-electron chi connectivity index (χ2n) is 1.67. The van der Waals surface area contributed by atoms with Gasteiger partial charge in [0.15, 0.2) is 0 Å². The van der Waals surface area contributed by atoms with Crippen molar-refractivity contribution < 1.29 is 9.90 Å². The maximum Gasteiger partial charge on any atom is 0.326 e. The van der Waals surface area contributed by atoms with Crippen LogP contribution >= 0.6 is 35.8 Å². The van der Waals surface area contributed by atoms with Crippen LogP contribution in [0.15, 0.2) is 10.7 Å². The van der Waals surface area contributed by atoms with Gasteiger partial charge in [0.1, 0.15) is 11.2 Å². The van der Waals surface area contributed by atoms with Crippen molar-refractivity contribution >= 4 is 41.8 Å². The minimum absolute atomic E-state index is 0.0908. The molecular weight excluding hydrogens is 209 g/mol. The fourth-order valence-corrected chi connectivity index (χ4v) is 0.826. The van der Waals surface area contributed by atoms with Crippen molar-refractivity contribution in [2.75, 3.05) is 5.75 Å². The van der Waals surface area contributed by atoms with Crippen molar-refractivity contribution in [3.05, 3.63) is 10.7 Å². The number of carboxylic acid groups (broad SMARTS) is 1. The van der Waals surface area contributed by atoms with Gasteiger partial charge in [0, 0.05) is 11.3 Å². The molecule has 11 heavy (non-hydrogen) atoms. The highest BCUT2D eigenvalue weighted by Crippen LogP contribution is 2.01. The van der Waals surface area contributed by atoms with Crippen LogP contribution < -0.4 is 5.32 Å². The molecule has 0 aliphatic heterocycles. The summed E-state index contributed by atoms with van der Waals surface area (Å²) in [6.07, 6.45) is 0. The average Bonchev–Trinajstić information content (AvgIpc) is 1.99. The summed E-state index contributed by atoms with van der Waals surface area (Å²) in [5, 5.41) is 11.0. The quantitative estimate of drug-likeness (QED) is 0.489. The summed E-state index contributed by atoms with van der Waals surface area (Å²) in [5.41, 5.74) is 1.06. The fraction of sp³-hybridized carbons (Fsp3) is 0.400. The fourth-order valence-electron chi connectivity index (χ4n) is 0.383. The van der Waals surface area contributed by atoms with E-state index in [0.29, 0.717) is 0 Å². The average molecular weight is 216 g/mol. The third kappa shape index (κ3) is 4.40. The van der Waals surface area contributed by atoms with Gasteiger partial charge in [-0.05, 0) is 0 Å². The Morgan fingerprint density at radius 1 is 1.82 bits per heavy atom. The number of rotatable bonds is 4. The van der Waals surface area contributed by atoms with E-state index < -0.39 is 12.0 Å². The maximum absolute atomic E-state index is 10.3. The smallest absolute Gasteiger partial charge is 0.326 e. The Morgan fingerprint density at radius 3 is 2.64 bits per heavy atom.